The topological polar surface area (TPSA) is 51.5 Å². The van der Waals surface area contributed by atoms with Crippen molar-refractivity contribution in [1.82, 2.24) is 5.32 Å². The van der Waals surface area contributed by atoms with Gasteiger partial charge in [0.05, 0.1) is 29.9 Å². The fraction of sp³-hybridized carbons (Fsp3) is 0.500. The van der Waals surface area contributed by atoms with E-state index in [4.69, 9.17) is 9.15 Å². The summed E-state index contributed by atoms with van der Waals surface area (Å²) in [5.41, 5.74) is 0. The van der Waals surface area contributed by atoms with E-state index in [1.165, 1.54) is 6.26 Å². The van der Waals surface area contributed by atoms with Crippen LogP contribution < -0.4 is 5.32 Å². The van der Waals surface area contributed by atoms with Crippen LogP contribution in [0.4, 0.5) is 0 Å². The second kappa shape index (κ2) is 4.47. The number of ether oxygens (including phenoxy) is 1. The number of Topliss-reactive ketones (excluding diaryl/α,β-unsaturated/α-hetero) is 1. The highest BCUT2D eigenvalue weighted by Crippen LogP contribution is 2.25. The van der Waals surface area contributed by atoms with E-state index < -0.39 is 0 Å². The summed E-state index contributed by atoms with van der Waals surface area (Å²) in [6.07, 6.45) is 1.50. The van der Waals surface area contributed by atoms with E-state index in [2.05, 4.69) is 21.2 Å². The predicted octanol–water partition coefficient (Wildman–Crippen LogP) is 1.46. The van der Waals surface area contributed by atoms with E-state index in [-0.39, 0.29) is 17.7 Å². The van der Waals surface area contributed by atoms with E-state index in [0.717, 1.165) is 0 Å². The fourth-order valence-electron chi connectivity index (χ4n) is 1.74. The van der Waals surface area contributed by atoms with Gasteiger partial charge in [-0.25, -0.2) is 0 Å². The first-order chi connectivity index (χ1) is 7.24. The van der Waals surface area contributed by atoms with E-state index in [9.17, 15) is 4.79 Å². The van der Waals surface area contributed by atoms with Crippen molar-refractivity contribution in [3.63, 3.8) is 0 Å². The van der Waals surface area contributed by atoms with Crippen molar-refractivity contribution in [3.8, 4) is 0 Å². The average molecular weight is 274 g/mol. The minimum Gasteiger partial charge on any atom is -0.460 e. The molecule has 1 saturated heterocycles. The summed E-state index contributed by atoms with van der Waals surface area (Å²) in [4.78, 5) is 12.1. The Labute approximate surface area is 96.1 Å². The molecule has 0 spiro atoms. The molecule has 15 heavy (non-hydrogen) atoms. The summed E-state index contributed by atoms with van der Waals surface area (Å²) >= 11 is 3.28. The van der Waals surface area contributed by atoms with E-state index in [1.807, 2.05) is 7.05 Å². The second-order valence-corrected chi connectivity index (χ2v) is 4.36. The van der Waals surface area contributed by atoms with Gasteiger partial charge in [0.15, 0.2) is 5.76 Å². The molecule has 1 aromatic rings. The number of carbonyl (C=O) groups excluding carboxylic acids is 1. The lowest BCUT2D eigenvalue weighted by Crippen LogP contribution is -2.36. The predicted molar refractivity (Wildman–Crippen MR) is 57.9 cm³/mol. The quantitative estimate of drug-likeness (QED) is 0.848. The molecule has 5 heteroatoms. The molecular weight excluding hydrogens is 262 g/mol. The highest BCUT2D eigenvalue weighted by molar-refractivity contribution is 9.10. The second-order valence-electron chi connectivity index (χ2n) is 3.50. The molecule has 1 N–H and O–H groups in total. The van der Waals surface area contributed by atoms with E-state index in [0.29, 0.717) is 23.4 Å². The van der Waals surface area contributed by atoms with Crippen LogP contribution in [0.15, 0.2) is 21.2 Å². The van der Waals surface area contributed by atoms with Gasteiger partial charge >= 0.3 is 0 Å². The number of halogens is 1. The molecule has 82 valence electrons. The van der Waals surface area contributed by atoms with Gasteiger partial charge in [0.2, 0.25) is 5.78 Å². The Bertz CT molecular complexity index is 363. The SMILES string of the molecule is CNC1COCC1C(=O)c1occc1Br. The van der Waals surface area contributed by atoms with Gasteiger partial charge in [0.1, 0.15) is 0 Å². The highest BCUT2D eigenvalue weighted by atomic mass is 79.9. The number of carbonyl (C=O) groups is 1. The molecule has 0 saturated carbocycles. The molecule has 0 radical (unpaired) electrons. The van der Waals surface area contributed by atoms with Crippen molar-refractivity contribution in [3.05, 3.63) is 22.6 Å². The van der Waals surface area contributed by atoms with Crippen LogP contribution in [0.5, 0.6) is 0 Å². The first kappa shape index (κ1) is 10.9. The van der Waals surface area contributed by atoms with Gasteiger partial charge in [-0.1, -0.05) is 0 Å². The van der Waals surface area contributed by atoms with Gasteiger partial charge in [0.25, 0.3) is 0 Å². The molecule has 1 fully saturated rings. The Kier molecular flexibility index (Phi) is 3.23. The Morgan fingerprint density at radius 3 is 3.00 bits per heavy atom. The number of likely N-dealkylation sites (N-methyl/N-ethyl adjacent to an activating group) is 1. The molecule has 0 aromatic carbocycles. The molecule has 2 unspecified atom stereocenters. The fourth-order valence-corrected chi connectivity index (χ4v) is 2.13. The maximum Gasteiger partial charge on any atom is 0.206 e. The molecule has 1 aliphatic rings. The van der Waals surface area contributed by atoms with Gasteiger partial charge in [-0.3, -0.25) is 4.79 Å². The maximum atomic E-state index is 12.1. The third-order valence-electron chi connectivity index (χ3n) is 2.63. The standard InChI is InChI=1S/C10H12BrNO3/c1-12-8-5-14-4-6(8)9(13)10-7(11)2-3-15-10/h2-3,6,8,12H,4-5H2,1H3. The van der Waals surface area contributed by atoms with Crippen LogP contribution in [0.25, 0.3) is 0 Å². The molecule has 0 bridgehead atoms. The molecule has 2 rings (SSSR count). The number of nitrogens with one attached hydrogen (secondary N) is 1. The number of hydrogen-bond acceptors (Lipinski definition) is 4. The number of hydrogen-bond donors (Lipinski definition) is 1. The monoisotopic (exact) mass is 273 g/mol. The molecule has 2 heterocycles. The smallest absolute Gasteiger partial charge is 0.206 e. The third-order valence-corrected chi connectivity index (χ3v) is 3.25. The van der Waals surface area contributed by atoms with Crippen LogP contribution in [0.2, 0.25) is 0 Å². The zero-order valence-electron chi connectivity index (χ0n) is 8.33. The van der Waals surface area contributed by atoms with Crippen LogP contribution in [0.1, 0.15) is 10.6 Å². The largest absolute Gasteiger partial charge is 0.460 e. The minimum atomic E-state index is -0.155. The Morgan fingerprint density at radius 1 is 1.60 bits per heavy atom. The van der Waals surface area contributed by atoms with Gasteiger partial charge < -0.3 is 14.5 Å². The Morgan fingerprint density at radius 2 is 2.40 bits per heavy atom. The molecule has 2 atom stereocenters. The average Bonchev–Trinajstić information content (AvgIpc) is 2.84. The summed E-state index contributed by atoms with van der Waals surface area (Å²) in [6, 6.07) is 1.80. The number of furan rings is 1. The molecule has 4 nitrogen and oxygen atoms in total. The van der Waals surface area contributed by atoms with Crippen molar-refractivity contribution in [2.45, 2.75) is 6.04 Å². The molecular formula is C10H12BrNO3. The van der Waals surface area contributed by atoms with Crippen molar-refractivity contribution in [2.24, 2.45) is 5.92 Å². The third kappa shape index (κ3) is 2.00. The van der Waals surface area contributed by atoms with Crippen molar-refractivity contribution in [2.75, 3.05) is 20.3 Å². The van der Waals surface area contributed by atoms with Crippen molar-refractivity contribution < 1.29 is 13.9 Å². The van der Waals surface area contributed by atoms with Crippen molar-refractivity contribution in [1.29, 1.82) is 0 Å². The minimum absolute atomic E-state index is 0.0104. The highest BCUT2D eigenvalue weighted by Gasteiger charge is 2.35. The van der Waals surface area contributed by atoms with Gasteiger partial charge in [-0.05, 0) is 29.0 Å². The summed E-state index contributed by atoms with van der Waals surface area (Å²) in [7, 11) is 1.83. The molecule has 0 aliphatic carbocycles. The van der Waals surface area contributed by atoms with Crippen LogP contribution in [0.3, 0.4) is 0 Å². The van der Waals surface area contributed by atoms with Crippen LogP contribution in [0, 0.1) is 5.92 Å². The first-order valence-corrected chi connectivity index (χ1v) is 5.55. The van der Waals surface area contributed by atoms with Crippen LogP contribution >= 0.6 is 15.9 Å². The lowest BCUT2D eigenvalue weighted by atomic mass is 9.97. The first-order valence-electron chi connectivity index (χ1n) is 4.76. The zero-order chi connectivity index (χ0) is 10.8. The molecule has 1 aliphatic heterocycles. The van der Waals surface area contributed by atoms with E-state index in [1.54, 1.807) is 6.07 Å². The van der Waals surface area contributed by atoms with Crippen LogP contribution in [-0.4, -0.2) is 32.1 Å². The van der Waals surface area contributed by atoms with E-state index >= 15 is 0 Å². The normalized spacial score (nSPS) is 25.7. The van der Waals surface area contributed by atoms with Gasteiger partial charge in [-0.2, -0.15) is 0 Å². The number of ketones is 1. The van der Waals surface area contributed by atoms with Crippen molar-refractivity contribution >= 4 is 21.7 Å². The van der Waals surface area contributed by atoms with Crippen LogP contribution in [-0.2, 0) is 4.74 Å². The summed E-state index contributed by atoms with van der Waals surface area (Å²) in [6.45, 7) is 1.03. The zero-order valence-corrected chi connectivity index (χ0v) is 9.91. The summed E-state index contributed by atoms with van der Waals surface area (Å²) in [5.74, 6) is 0.215. The van der Waals surface area contributed by atoms with Gasteiger partial charge in [0, 0.05) is 6.04 Å². The molecule has 1 aromatic heterocycles. The lowest BCUT2D eigenvalue weighted by Gasteiger charge is -2.14. The summed E-state index contributed by atoms with van der Waals surface area (Å²) < 4.78 is 11.1. The maximum absolute atomic E-state index is 12.1. The lowest BCUT2D eigenvalue weighted by molar-refractivity contribution is 0.0863. The Balaban J connectivity index is 2.18. The molecule has 0 amide bonds. The summed E-state index contributed by atoms with van der Waals surface area (Å²) in [5, 5.41) is 3.07. The number of rotatable bonds is 3. The Hall–Kier alpha value is -0.650. The van der Waals surface area contributed by atoms with Gasteiger partial charge in [-0.15, -0.1) is 0 Å².